The van der Waals surface area contributed by atoms with E-state index in [0.717, 1.165) is 6.41 Å². The van der Waals surface area contributed by atoms with Gasteiger partial charge in [0.25, 0.3) is 5.56 Å². The molecule has 114 valence electrons. The van der Waals surface area contributed by atoms with Crippen molar-refractivity contribution in [2.75, 3.05) is 38.2 Å². The zero-order valence-electron chi connectivity index (χ0n) is 12.2. The lowest BCUT2D eigenvalue weighted by molar-refractivity contribution is -0.118. The molecule has 0 spiro atoms. The van der Waals surface area contributed by atoms with Gasteiger partial charge in [0.05, 0.1) is 12.3 Å². The number of rotatable bonds is 6. The van der Waals surface area contributed by atoms with Crippen LogP contribution in [-0.4, -0.2) is 54.6 Å². The van der Waals surface area contributed by atoms with Crippen LogP contribution in [0.5, 0.6) is 0 Å². The van der Waals surface area contributed by atoms with Gasteiger partial charge >= 0.3 is 0 Å². The van der Waals surface area contributed by atoms with Gasteiger partial charge in [0.15, 0.2) is 0 Å². The van der Waals surface area contributed by atoms with Crippen LogP contribution in [0.4, 0.5) is 5.95 Å². The maximum Gasteiger partial charge on any atom is 0.256 e. The Morgan fingerprint density at radius 2 is 2.10 bits per heavy atom. The molecule has 1 saturated heterocycles. The quantitative estimate of drug-likeness (QED) is 0.586. The van der Waals surface area contributed by atoms with Crippen molar-refractivity contribution in [3.8, 4) is 0 Å². The average Bonchev–Trinajstić information content (AvgIpc) is 2.51. The summed E-state index contributed by atoms with van der Waals surface area (Å²) in [4.78, 5) is 33.9. The maximum absolute atomic E-state index is 12.2. The van der Waals surface area contributed by atoms with Crippen molar-refractivity contribution in [2.45, 2.75) is 13.0 Å². The molecule has 0 atom stereocenters. The van der Waals surface area contributed by atoms with Crippen LogP contribution in [0, 0.1) is 0 Å². The lowest BCUT2D eigenvalue weighted by atomic mass is 10.1. The molecule has 0 unspecified atom stereocenters. The van der Waals surface area contributed by atoms with Crippen molar-refractivity contribution in [3.63, 3.8) is 0 Å². The molecule has 7 heteroatoms. The largest absolute Gasteiger partial charge is 0.378 e. The monoisotopic (exact) mass is 292 g/mol. The number of hydrogen-bond donors (Lipinski definition) is 1. The van der Waals surface area contributed by atoms with Crippen molar-refractivity contribution in [1.29, 1.82) is 0 Å². The van der Waals surface area contributed by atoms with Gasteiger partial charge in [-0.15, -0.1) is 6.58 Å². The van der Waals surface area contributed by atoms with E-state index in [2.05, 4.69) is 16.5 Å². The second-order valence-corrected chi connectivity index (χ2v) is 4.87. The summed E-state index contributed by atoms with van der Waals surface area (Å²) in [7, 11) is 1.57. The molecule has 0 aromatic carbocycles. The van der Waals surface area contributed by atoms with E-state index < -0.39 is 0 Å². The third kappa shape index (κ3) is 3.49. The van der Waals surface area contributed by atoms with Gasteiger partial charge in [-0.05, 0) is 6.42 Å². The number of allylic oxidation sites excluding steroid dienone is 1. The molecule has 0 radical (unpaired) electrons. The summed E-state index contributed by atoms with van der Waals surface area (Å²) in [6.07, 6.45) is 2.98. The highest BCUT2D eigenvalue weighted by atomic mass is 16.5. The van der Waals surface area contributed by atoms with E-state index in [9.17, 15) is 9.59 Å². The Kier molecular flexibility index (Phi) is 5.10. The minimum Gasteiger partial charge on any atom is -0.378 e. The summed E-state index contributed by atoms with van der Waals surface area (Å²) < 4.78 is 5.12. The topological polar surface area (TPSA) is 78.5 Å². The van der Waals surface area contributed by atoms with Crippen molar-refractivity contribution < 1.29 is 9.53 Å². The molecule has 1 N–H and O–H groups in total. The predicted octanol–water partition coefficient (Wildman–Crippen LogP) is -0.0768. The second-order valence-electron chi connectivity index (χ2n) is 4.87. The molecule has 0 aliphatic carbocycles. The Balaban J connectivity index is 2.26. The lowest BCUT2D eigenvalue weighted by Gasteiger charge is -2.33. The fraction of sp³-hybridized carbons (Fsp3) is 0.500. The molecule has 0 saturated carbocycles. The first kappa shape index (κ1) is 15.2. The Morgan fingerprint density at radius 1 is 1.38 bits per heavy atom. The van der Waals surface area contributed by atoms with Gasteiger partial charge in [-0.1, -0.05) is 6.08 Å². The molecule has 1 fully saturated rings. The minimum atomic E-state index is -0.162. The van der Waals surface area contributed by atoms with Gasteiger partial charge in [-0.3, -0.25) is 14.6 Å². The van der Waals surface area contributed by atoms with Gasteiger partial charge in [-0.25, -0.2) is 4.98 Å². The summed E-state index contributed by atoms with van der Waals surface area (Å²) in [6.45, 7) is 6.49. The number of aromatic amines is 1. The molecule has 1 amide bonds. The highest BCUT2D eigenvalue weighted by Crippen LogP contribution is 2.12. The van der Waals surface area contributed by atoms with E-state index in [1.54, 1.807) is 18.1 Å². The summed E-state index contributed by atoms with van der Waals surface area (Å²) in [5.74, 6) is 0.533. The van der Waals surface area contributed by atoms with E-state index in [1.165, 1.54) is 0 Å². The summed E-state index contributed by atoms with van der Waals surface area (Å²) in [5.41, 5.74) is 1.06. The standard InChI is InChI=1S/C14H20N4O3/c1-3-4-11-12(9-21-2)15-14(16-13(11)20)18-7-5-17(10-19)6-8-18/h3,10H,1,4-9H2,2H3,(H,15,16,20). The van der Waals surface area contributed by atoms with Crippen LogP contribution in [0.25, 0.3) is 0 Å². The van der Waals surface area contributed by atoms with Crippen molar-refractivity contribution in [1.82, 2.24) is 14.9 Å². The van der Waals surface area contributed by atoms with E-state index in [0.29, 0.717) is 49.8 Å². The van der Waals surface area contributed by atoms with Gasteiger partial charge in [0, 0.05) is 38.9 Å². The zero-order valence-corrected chi connectivity index (χ0v) is 12.2. The van der Waals surface area contributed by atoms with Crippen LogP contribution in [0.3, 0.4) is 0 Å². The smallest absolute Gasteiger partial charge is 0.256 e. The number of carbonyl (C=O) groups is 1. The van der Waals surface area contributed by atoms with Crippen molar-refractivity contribution in [3.05, 3.63) is 34.3 Å². The lowest BCUT2D eigenvalue weighted by Crippen LogP contribution is -2.47. The van der Waals surface area contributed by atoms with E-state index >= 15 is 0 Å². The summed E-state index contributed by atoms with van der Waals surface area (Å²) in [6, 6.07) is 0. The maximum atomic E-state index is 12.2. The van der Waals surface area contributed by atoms with Gasteiger partial charge in [-0.2, -0.15) is 0 Å². The first-order chi connectivity index (χ1) is 10.2. The third-order valence-electron chi connectivity index (χ3n) is 3.48. The first-order valence-electron chi connectivity index (χ1n) is 6.85. The van der Waals surface area contributed by atoms with Gasteiger partial charge < -0.3 is 14.5 Å². The number of methoxy groups -OCH3 is 1. The third-order valence-corrected chi connectivity index (χ3v) is 3.48. The molecule has 2 rings (SSSR count). The second kappa shape index (κ2) is 7.03. The number of anilines is 1. The number of H-pyrrole nitrogens is 1. The predicted molar refractivity (Wildman–Crippen MR) is 79.3 cm³/mol. The SMILES string of the molecule is C=CCc1c(COC)nc(N2CCN(C=O)CC2)[nH]c1=O. The van der Waals surface area contributed by atoms with Crippen molar-refractivity contribution in [2.24, 2.45) is 0 Å². The Labute approximate surface area is 123 Å². The molecule has 1 aromatic rings. The molecule has 2 heterocycles. The van der Waals surface area contributed by atoms with E-state index in [1.807, 2.05) is 4.90 Å². The number of piperazine rings is 1. The zero-order chi connectivity index (χ0) is 15.2. The Hall–Kier alpha value is -2.15. The summed E-state index contributed by atoms with van der Waals surface area (Å²) >= 11 is 0. The molecular weight excluding hydrogens is 272 g/mol. The molecule has 1 aliphatic heterocycles. The number of nitrogens with one attached hydrogen (secondary N) is 1. The molecule has 1 aliphatic rings. The highest BCUT2D eigenvalue weighted by molar-refractivity contribution is 5.48. The van der Waals surface area contributed by atoms with Gasteiger partial charge in [0.2, 0.25) is 12.4 Å². The molecule has 1 aromatic heterocycles. The number of aromatic nitrogens is 2. The number of nitrogens with zero attached hydrogens (tertiary/aromatic N) is 3. The van der Waals surface area contributed by atoms with Crippen LogP contribution < -0.4 is 10.5 Å². The molecular formula is C14H20N4O3. The van der Waals surface area contributed by atoms with Crippen LogP contribution in [0.15, 0.2) is 17.4 Å². The highest BCUT2D eigenvalue weighted by Gasteiger charge is 2.19. The summed E-state index contributed by atoms with van der Waals surface area (Å²) in [5, 5.41) is 0. The van der Waals surface area contributed by atoms with Crippen molar-refractivity contribution >= 4 is 12.4 Å². The average molecular weight is 292 g/mol. The van der Waals surface area contributed by atoms with Gasteiger partial charge in [0.1, 0.15) is 0 Å². The van der Waals surface area contributed by atoms with Crippen LogP contribution in [-0.2, 0) is 22.6 Å². The number of carbonyl (C=O) groups excluding carboxylic acids is 1. The van der Waals surface area contributed by atoms with Crippen LogP contribution in [0.2, 0.25) is 0 Å². The molecule has 21 heavy (non-hydrogen) atoms. The molecule has 0 bridgehead atoms. The normalized spacial score (nSPS) is 15.1. The van der Waals surface area contributed by atoms with E-state index in [4.69, 9.17) is 4.74 Å². The Bertz CT molecular complexity index is 562. The Morgan fingerprint density at radius 3 is 2.67 bits per heavy atom. The van der Waals surface area contributed by atoms with Crippen LogP contribution >= 0.6 is 0 Å². The van der Waals surface area contributed by atoms with E-state index in [-0.39, 0.29) is 12.2 Å². The first-order valence-corrected chi connectivity index (χ1v) is 6.85. The number of hydrogen-bond acceptors (Lipinski definition) is 5. The fourth-order valence-corrected chi connectivity index (χ4v) is 2.33. The fourth-order valence-electron chi connectivity index (χ4n) is 2.33. The minimum absolute atomic E-state index is 0.162. The molecule has 7 nitrogen and oxygen atoms in total. The number of amides is 1. The number of ether oxygens (including phenoxy) is 1. The van der Waals surface area contributed by atoms with Crippen LogP contribution in [0.1, 0.15) is 11.3 Å².